The number of aliphatic hydroxyl groups excluding tert-OH is 1. The Balaban J connectivity index is 1.46. The van der Waals surface area contributed by atoms with Crippen LogP contribution in [0.1, 0.15) is 78.6 Å². The van der Waals surface area contributed by atoms with Crippen molar-refractivity contribution in [3.8, 4) is 0 Å². The number of hydrogen-bond donors (Lipinski definition) is 2. The smallest absolute Gasteiger partial charge is 0.306 e. The highest BCUT2D eigenvalue weighted by atomic mass is 16.5. The summed E-state index contributed by atoms with van der Waals surface area (Å²) >= 11 is 0. The molecule has 10 unspecified atom stereocenters. The van der Waals surface area contributed by atoms with Gasteiger partial charge in [-0.25, -0.2) is 0 Å². The molecule has 4 heteroatoms. The van der Waals surface area contributed by atoms with Crippen molar-refractivity contribution in [3.63, 3.8) is 0 Å². The molecule has 1 heterocycles. The molecule has 4 nitrogen and oxygen atoms in total. The lowest BCUT2D eigenvalue weighted by atomic mass is 9.41. The van der Waals surface area contributed by atoms with E-state index in [-0.39, 0.29) is 22.9 Å². The van der Waals surface area contributed by atoms with Gasteiger partial charge >= 0.3 is 5.97 Å². The zero-order chi connectivity index (χ0) is 19.9. The lowest BCUT2D eigenvalue weighted by Gasteiger charge is -2.65. The normalized spacial score (nSPS) is 58.6. The van der Waals surface area contributed by atoms with E-state index in [9.17, 15) is 15.0 Å². The molecule has 28 heavy (non-hydrogen) atoms. The fourth-order valence-corrected chi connectivity index (χ4v) is 9.25. The quantitative estimate of drug-likeness (QED) is 0.666. The van der Waals surface area contributed by atoms with Gasteiger partial charge in [0.05, 0.1) is 24.7 Å². The van der Waals surface area contributed by atoms with Crippen molar-refractivity contribution >= 4 is 5.97 Å². The van der Waals surface area contributed by atoms with Crippen molar-refractivity contribution in [2.45, 2.75) is 90.3 Å². The van der Waals surface area contributed by atoms with Gasteiger partial charge in [0.2, 0.25) is 0 Å². The maximum atomic E-state index is 12.2. The molecule has 0 spiro atoms. The lowest BCUT2D eigenvalue weighted by molar-refractivity contribution is -0.223. The van der Waals surface area contributed by atoms with Crippen LogP contribution in [-0.2, 0) is 9.53 Å². The Bertz CT molecular complexity index is 663. The molecule has 5 aliphatic rings. The molecule has 0 radical (unpaired) electrons. The van der Waals surface area contributed by atoms with Crippen LogP contribution in [0.25, 0.3) is 0 Å². The van der Waals surface area contributed by atoms with Gasteiger partial charge < -0.3 is 14.9 Å². The van der Waals surface area contributed by atoms with Gasteiger partial charge in [0.15, 0.2) is 0 Å². The van der Waals surface area contributed by atoms with E-state index in [2.05, 4.69) is 20.8 Å². The third-order valence-electron chi connectivity index (χ3n) is 10.9. The molecular weight excluding hydrogens is 352 g/mol. The maximum Gasteiger partial charge on any atom is 0.306 e. The third kappa shape index (κ3) is 2.34. The Hall–Kier alpha value is -0.610. The molecule has 0 amide bonds. The van der Waals surface area contributed by atoms with Crippen molar-refractivity contribution in [3.05, 3.63) is 0 Å². The zero-order valence-electron chi connectivity index (χ0n) is 17.8. The summed E-state index contributed by atoms with van der Waals surface area (Å²) in [6.07, 6.45) is 8.68. The summed E-state index contributed by atoms with van der Waals surface area (Å²) in [5, 5.41) is 22.6. The average molecular weight is 391 g/mol. The highest BCUT2D eigenvalue weighted by molar-refractivity contribution is 5.71. The van der Waals surface area contributed by atoms with Crippen LogP contribution in [0.15, 0.2) is 0 Å². The topological polar surface area (TPSA) is 66.8 Å². The van der Waals surface area contributed by atoms with E-state index in [0.717, 1.165) is 44.9 Å². The average Bonchev–Trinajstić information content (AvgIpc) is 3.17. The molecule has 1 saturated heterocycles. The Labute approximate surface area is 169 Å². The largest absolute Gasteiger partial charge is 0.465 e. The van der Waals surface area contributed by atoms with Gasteiger partial charge in [0.25, 0.3) is 0 Å². The van der Waals surface area contributed by atoms with Gasteiger partial charge in [-0.05, 0) is 91.8 Å². The predicted molar refractivity (Wildman–Crippen MR) is 106 cm³/mol. The zero-order valence-corrected chi connectivity index (χ0v) is 17.8. The van der Waals surface area contributed by atoms with Crippen molar-refractivity contribution in [2.75, 3.05) is 6.61 Å². The Morgan fingerprint density at radius 1 is 1.00 bits per heavy atom. The molecule has 4 saturated carbocycles. The molecule has 158 valence electrons. The first kappa shape index (κ1) is 19.4. The fraction of sp³-hybridized carbons (Fsp3) is 0.958. The van der Waals surface area contributed by atoms with Crippen molar-refractivity contribution in [2.24, 2.45) is 46.3 Å². The van der Waals surface area contributed by atoms with Crippen molar-refractivity contribution in [1.82, 2.24) is 0 Å². The van der Waals surface area contributed by atoms with Gasteiger partial charge in [0.1, 0.15) is 0 Å². The van der Waals surface area contributed by atoms with Crippen LogP contribution in [0.2, 0.25) is 0 Å². The molecule has 10 atom stereocenters. The van der Waals surface area contributed by atoms with E-state index in [1.165, 1.54) is 6.42 Å². The summed E-state index contributed by atoms with van der Waals surface area (Å²) in [5.74, 6) is 2.68. The van der Waals surface area contributed by atoms with E-state index in [0.29, 0.717) is 48.5 Å². The molecule has 0 aromatic heterocycles. The van der Waals surface area contributed by atoms with E-state index < -0.39 is 5.60 Å². The van der Waals surface area contributed by atoms with Crippen LogP contribution in [0.4, 0.5) is 0 Å². The lowest BCUT2D eigenvalue weighted by Crippen LogP contribution is -2.64. The second-order valence-electron chi connectivity index (χ2n) is 11.6. The molecular formula is C24H38O4. The number of cyclic esters (lactones) is 1. The highest BCUT2D eigenvalue weighted by Crippen LogP contribution is 2.70. The van der Waals surface area contributed by atoms with Crippen LogP contribution < -0.4 is 0 Å². The molecule has 2 N–H and O–H groups in total. The number of esters is 1. The minimum Gasteiger partial charge on any atom is -0.465 e. The number of aliphatic hydroxyl groups is 2. The van der Waals surface area contributed by atoms with Crippen LogP contribution in [0.5, 0.6) is 0 Å². The van der Waals surface area contributed by atoms with Crippen LogP contribution in [-0.4, -0.2) is 34.5 Å². The van der Waals surface area contributed by atoms with Gasteiger partial charge in [-0.15, -0.1) is 0 Å². The molecule has 5 rings (SSSR count). The molecule has 4 aliphatic carbocycles. The van der Waals surface area contributed by atoms with E-state index in [1.54, 1.807) is 0 Å². The van der Waals surface area contributed by atoms with Crippen LogP contribution >= 0.6 is 0 Å². The van der Waals surface area contributed by atoms with Crippen molar-refractivity contribution < 1.29 is 19.7 Å². The number of fused-ring (bicyclic) bond motifs is 5. The van der Waals surface area contributed by atoms with Gasteiger partial charge in [-0.3, -0.25) is 4.79 Å². The molecule has 5 fully saturated rings. The summed E-state index contributed by atoms with van der Waals surface area (Å²) in [4.78, 5) is 11.7. The number of carbonyl (C=O) groups excluding carboxylic acids is 1. The number of rotatable bonds is 1. The first-order chi connectivity index (χ1) is 13.2. The van der Waals surface area contributed by atoms with Gasteiger partial charge in [-0.1, -0.05) is 20.8 Å². The number of ether oxygens (including phenoxy) is 1. The minimum absolute atomic E-state index is 0.0552. The fourth-order valence-electron chi connectivity index (χ4n) is 9.25. The monoisotopic (exact) mass is 390 g/mol. The SMILES string of the molecule is CC1CC(O)CC2CCC3C(CCC4(C)C(C5COC(=O)C5)CCC34O)C12C. The first-order valence-corrected chi connectivity index (χ1v) is 11.8. The third-order valence-corrected chi connectivity index (χ3v) is 10.9. The summed E-state index contributed by atoms with van der Waals surface area (Å²) in [7, 11) is 0. The summed E-state index contributed by atoms with van der Waals surface area (Å²) in [6.45, 7) is 7.70. The minimum atomic E-state index is -0.601. The van der Waals surface area contributed by atoms with Gasteiger partial charge in [-0.2, -0.15) is 0 Å². The number of carbonyl (C=O) groups is 1. The summed E-state index contributed by atoms with van der Waals surface area (Å²) in [5.41, 5.74) is -0.451. The Morgan fingerprint density at radius 2 is 1.75 bits per heavy atom. The van der Waals surface area contributed by atoms with Crippen LogP contribution in [0, 0.1) is 46.3 Å². The number of hydrogen-bond acceptors (Lipinski definition) is 4. The Kier molecular flexibility index (Phi) is 4.29. The second-order valence-corrected chi connectivity index (χ2v) is 11.6. The molecule has 0 bridgehead atoms. The molecule has 0 aromatic carbocycles. The van der Waals surface area contributed by atoms with Crippen molar-refractivity contribution in [1.29, 1.82) is 0 Å². The van der Waals surface area contributed by atoms with E-state index in [1.807, 2.05) is 0 Å². The molecule has 0 aromatic rings. The highest BCUT2D eigenvalue weighted by Gasteiger charge is 2.68. The molecule has 1 aliphatic heterocycles. The van der Waals surface area contributed by atoms with Crippen LogP contribution in [0.3, 0.4) is 0 Å². The summed E-state index contributed by atoms with van der Waals surface area (Å²) in [6, 6.07) is 0. The Morgan fingerprint density at radius 3 is 2.46 bits per heavy atom. The van der Waals surface area contributed by atoms with Gasteiger partial charge in [0, 0.05) is 5.92 Å². The predicted octanol–water partition coefficient (Wildman–Crippen LogP) is 3.93. The standard InChI is InChI=1S/C24H38O4/c1-14-10-17(25)12-16-4-5-20-19(23(14,16)3)6-8-22(2)18(7-9-24(20,22)27)15-11-21(26)28-13-15/h14-20,25,27H,4-13H2,1-3H3. The van der Waals surface area contributed by atoms with E-state index in [4.69, 9.17) is 4.74 Å². The second kappa shape index (κ2) is 6.20. The first-order valence-electron chi connectivity index (χ1n) is 11.8. The summed E-state index contributed by atoms with van der Waals surface area (Å²) < 4.78 is 5.31. The maximum absolute atomic E-state index is 12.2. The van der Waals surface area contributed by atoms with E-state index >= 15 is 0 Å².